The summed E-state index contributed by atoms with van der Waals surface area (Å²) in [6, 6.07) is 11.3. The van der Waals surface area contributed by atoms with Crippen LogP contribution < -0.4 is 21.1 Å². The third-order valence-corrected chi connectivity index (χ3v) is 11.9. The lowest BCUT2D eigenvalue weighted by molar-refractivity contribution is -0.124. The summed E-state index contributed by atoms with van der Waals surface area (Å²) >= 11 is 12.6. The Morgan fingerprint density at radius 2 is 1.90 bits per heavy atom. The summed E-state index contributed by atoms with van der Waals surface area (Å²) in [7, 11) is 0. The van der Waals surface area contributed by atoms with Crippen molar-refractivity contribution in [1.29, 1.82) is 0 Å². The van der Waals surface area contributed by atoms with Crippen LogP contribution in [0.5, 0.6) is 0 Å². The van der Waals surface area contributed by atoms with Crippen LogP contribution in [0.4, 0.5) is 11.6 Å². The number of aryl methyl sites for hydroxylation is 1. The molecule has 5 aliphatic rings. The van der Waals surface area contributed by atoms with Crippen LogP contribution >= 0.6 is 23.2 Å². The van der Waals surface area contributed by atoms with Gasteiger partial charge >= 0.3 is 0 Å². The Hall–Kier alpha value is -3.34. The van der Waals surface area contributed by atoms with Gasteiger partial charge in [-0.2, -0.15) is 0 Å². The zero-order chi connectivity index (χ0) is 33.7. The van der Waals surface area contributed by atoms with E-state index in [2.05, 4.69) is 41.2 Å². The highest BCUT2D eigenvalue weighted by molar-refractivity contribution is 6.35. The number of anilines is 1. The first-order valence-corrected chi connectivity index (χ1v) is 17.9. The average Bonchev–Trinajstić information content (AvgIpc) is 3.05. The molecule has 5 atom stereocenters. The van der Waals surface area contributed by atoms with Crippen molar-refractivity contribution in [3.05, 3.63) is 62.4 Å². The van der Waals surface area contributed by atoms with Gasteiger partial charge in [-0.25, -0.2) is 9.98 Å². The molecule has 8 rings (SSSR count). The molecule has 3 aliphatic carbocycles. The lowest BCUT2D eigenvalue weighted by atomic mass is 9.45. The SMILES string of the molecule is C[C@H]1[C@@H](NC(=Nc2ccc3c(=O)n(CCc4ccc(Cl)cc4Cl)c(N4CCOCC4)nc3c2)N2CC(=O)N[C@@H](C)C2)C[C@H]2C[C@H]1C2(C)C. The summed E-state index contributed by atoms with van der Waals surface area (Å²) in [4.78, 5) is 41.1. The number of hydrogen-bond acceptors (Lipinski definition) is 6. The highest BCUT2D eigenvalue weighted by atomic mass is 35.5. The van der Waals surface area contributed by atoms with Crippen LogP contribution in [0, 0.1) is 23.2 Å². The lowest BCUT2D eigenvalue weighted by Gasteiger charge is -2.62. The summed E-state index contributed by atoms with van der Waals surface area (Å²) in [5.74, 6) is 3.14. The van der Waals surface area contributed by atoms with Crippen LogP contribution in [0.15, 0.2) is 46.2 Å². The maximum Gasteiger partial charge on any atom is 0.262 e. The van der Waals surface area contributed by atoms with E-state index < -0.39 is 0 Å². The molecule has 12 heteroatoms. The number of rotatable bonds is 6. The Balaban J connectivity index is 1.24. The topological polar surface area (TPSA) is 104 Å². The number of nitrogens with one attached hydrogen (secondary N) is 2. The van der Waals surface area contributed by atoms with Crippen molar-refractivity contribution >= 4 is 57.6 Å². The molecule has 2 N–H and O–H groups in total. The van der Waals surface area contributed by atoms with Gasteiger partial charge in [-0.15, -0.1) is 0 Å². The molecule has 1 aromatic heterocycles. The second-order valence-electron chi connectivity index (χ2n) is 14.6. The van der Waals surface area contributed by atoms with Gasteiger partial charge in [-0.1, -0.05) is 50.0 Å². The summed E-state index contributed by atoms with van der Waals surface area (Å²) in [6.07, 6.45) is 2.93. The highest BCUT2D eigenvalue weighted by Gasteiger charge is 2.56. The zero-order valence-electron chi connectivity index (χ0n) is 28.1. The first-order valence-electron chi connectivity index (χ1n) is 17.2. The van der Waals surface area contributed by atoms with E-state index in [9.17, 15) is 9.59 Å². The van der Waals surface area contributed by atoms with Gasteiger partial charge in [0.2, 0.25) is 11.9 Å². The van der Waals surface area contributed by atoms with Crippen molar-refractivity contribution in [2.24, 2.45) is 28.2 Å². The van der Waals surface area contributed by atoms with E-state index in [4.69, 9.17) is 37.9 Å². The number of piperazine rings is 1. The quantitative estimate of drug-likeness (QED) is 0.269. The molecular weight excluding hydrogens is 649 g/mol. The van der Waals surface area contributed by atoms with Gasteiger partial charge in [0, 0.05) is 48.3 Å². The van der Waals surface area contributed by atoms with Crippen molar-refractivity contribution in [2.75, 3.05) is 44.3 Å². The van der Waals surface area contributed by atoms with E-state index in [0.29, 0.717) is 108 Å². The number of fused-ring (bicyclic) bond motifs is 3. The minimum atomic E-state index is -0.111. The molecule has 256 valence electrons. The third kappa shape index (κ3) is 6.39. The van der Waals surface area contributed by atoms with Crippen LogP contribution in [-0.4, -0.2) is 77.8 Å². The normalized spacial score (nSPS) is 27.1. The number of nitrogens with zero attached hydrogens (tertiary/aromatic N) is 5. The number of carbonyl (C=O) groups is 1. The predicted molar refractivity (Wildman–Crippen MR) is 192 cm³/mol. The number of guanidine groups is 1. The molecule has 0 spiro atoms. The first kappa shape index (κ1) is 33.2. The number of carbonyl (C=O) groups excluding carboxylic acids is 1. The number of hydrogen-bond donors (Lipinski definition) is 2. The van der Waals surface area contributed by atoms with E-state index >= 15 is 0 Å². The third-order valence-electron chi connectivity index (χ3n) is 11.3. The predicted octanol–water partition coefficient (Wildman–Crippen LogP) is 5.25. The standard InChI is InChI=1S/C36H45Cl2N7O3/c1-21-19-44(20-32(46)39-21)34(41-30-16-24-15-28(22(30)2)36(24,3)4)40-26-7-8-27-31(18-26)42-35(43-11-13-48-14-12-43)45(33(27)47)10-9-23-5-6-25(37)17-29(23)38/h5-8,17-18,21-22,24,28,30H,9-16,19-20H2,1-4H3,(H,39,46)(H,40,41)/t21-,22+,24+,28+,30-/m0/s1. The Bertz CT molecular complexity index is 1800. The van der Waals surface area contributed by atoms with Gasteiger partial charge in [0.15, 0.2) is 5.96 Å². The molecule has 2 aromatic carbocycles. The monoisotopic (exact) mass is 693 g/mol. The number of aliphatic imine (C=N–C) groups is 1. The fraction of sp³-hybridized carbons (Fsp3) is 0.556. The fourth-order valence-corrected chi connectivity index (χ4v) is 8.85. The second-order valence-corrected chi connectivity index (χ2v) is 15.5. The van der Waals surface area contributed by atoms with E-state index in [1.54, 1.807) is 10.6 Å². The van der Waals surface area contributed by atoms with Crippen molar-refractivity contribution in [2.45, 2.75) is 65.6 Å². The van der Waals surface area contributed by atoms with Gasteiger partial charge in [0.25, 0.3) is 5.56 Å². The number of ether oxygens (including phenoxy) is 1. The van der Waals surface area contributed by atoms with Crippen LogP contribution in [0.2, 0.25) is 10.0 Å². The Morgan fingerprint density at radius 1 is 1.10 bits per heavy atom. The molecule has 3 aromatic rings. The maximum absolute atomic E-state index is 14.1. The van der Waals surface area contributed by atoms with Gasteiger partial charge in [0.05, 0.1) is 36.3 Å². The van der Waals surface area contributed by atoms with E-state index in [1.807, 2.05) is 37.3 Å². The Labute approximate surface area is 291 Å². The lowest BCUT2D eigenvalue weighted by Crippen LogP contribution is -2.63. The molecule has 3 saturated carbocycles. The molecule has 2 aliphatic heterocycles. The molecule has 0 radical (unpaired) electrons. The highest BCUT2D eigenvalue weighted by Crippen LogP contribution is 2.61. The van der Waals surface area contributed by atoms with Gasteiger partial charge in [-0.05, 0) is 85.3 Å². The molecule has 2 saturated heterocycles. The number of amides is 1. The molecule has 0 unspecified atom stereocenters. The molecular formula is C36H45Cl2N7O3. The Morgan fingerprint density at radius 3 is 2.60 bits per heavy atom. The molecule has 3 heterocycles. The second kappa shape index (κ2) is 13.2. The first-order chi connectivity index (χ1) is 23.0. The van der Waals surface area contributed by atoms with Crippen molar-refractivity contribution in [3.8, 4) is 0 Å². The maximum atomic E-state index is 14.1. The van der Waals surface area contributed by atoms with E-state index in [1.165, 1.54) is 6.42 Å². The average molecular weight is 695 g/mol. The van der Waals surface area contributed by atoms with Gasteiger partial charge < -0.3 is 25.2 Å². The van der Waals surface area contributed by atoms with E-state index in [0.717, 1.165) is 12.0 Å². The number of benzene rings is 2. The van der Waals surface area contributed by atoms with Crippen molar-refractivity contribution in [1.82, 2.24) is 25.1 Å². The number of aromatic nitrogens is 2. The summed E-state index contributed by atoms with van der Waals surface area (Å²) < 4.78 is 7.37. The van der Waals surface area contributed by atoms with Gasteiger partial charge in [-0.3, -0.25) is 14.2 Å². The largest absolute Gasteiger partial charge is 0.378 e. The number of morpholine rings is 1. The van der Waals surface area contributed by atoms with E-state index in [-0.39, 0.29) is 30.1 Å². The molecule has 5 fully saturated rings. The molecule has 10 nitrogen and oxygen atoms in total. The summed E-state index contributed by atoms with van der Waals surface area (Å²) in [6.45, 7) is 12.9. The summed E-state index contributed by atoms with van der Waals surface area (Å²) in [5, 5.41) is 8.51. The van der Waals surface area contributed by atoms with Crippen molar-refractivity contribution < 1.29 is 9.53 Å². The minimum absolute atomic E-state index is 0.00457. The zero-order valence-corrected chi connectivity index (χ0v) is 29.7. The van der Waals surface area contributed by atoms with Crippen LogP contribution in [-0.2, 0) is 22.5 Å². The van der Waals surface area contributed by atoms with Gasteiger partial charge in [0.1, 0.15) is 0 Å². The fourth-order valence-electron chi connectivity index (χ4n) is 8.35. The Kier molecular flexibility index (Phi) is 9.10. The summed E-state index contributed by atoms with van der Waals surface area (Å²) in [5.41, 5.74) is 2.44. The van der Waals surface area contributed by atoms with Crippen LogP contribution in [0.3, 0.4) is 0 Å². The smallest absolute Gasteiger partial charge is 0.262 e. The number of halogens is 2. The van der Waals surface area contributed by atoms with Crippen LogP contribution in [0.1, 0.15) is 46.1 Å². The van der Waals surface area contributed by atoms with Crippen LogP contribution in [0.25, 0.3) is 10.9 Å². The molecule has 1 amide bonds. The molecule has 2 bridgehead atoms. The molecule has 48 heavy (non-hydrogen) atoms. The minimum Gasteiger partial charge on any atom is -0.378 e. The van der Waals surface area contributed by atoms with Crippen molar-refractivity contribution in [3.63, 3.8) is 0 Å².